The summed E-state index contributed by atoms with van der Waals surface area (Å²) in [7, 11) is 0. The highest BCUT2D eigenvalue weighted by molar-refractivity contribution is 6.08. The van der Waals surface area contributed by atoms with Crippen molar-refractivity contribution in [2.45, 2.75) is 13.3 Å². The van der Waals surface area contributed by atoms with Crippen LogP contribution in [0.25, 0.3) is 10.8 Å². The van der Waals surface area contributed by atoms with Gasteiger partial charge in [-0.25, -0.2) is 4.39 Å². The molecule has 136 valence electrons. The van der Waals surface area contributed by atoms with Gasteiger partial charge in [0.1, 0.15) is 5.82 Å². The third-order valence-electron chi connectivity index (χ3n) is 4.93. The topological polar surface area (TPSA) is 49.4 Å². The minimum Gasteiger partial charge on any atom is -0.323 e. The number of carbonyl (C=O) groups is 2. The summed E-state index contributed by atoms with van der Waals surface area (Å²) in [5, 5.41) is 4.64. The average Bonchev–Trinajstić information content (AvgIpc) is 3.06. The number of aryl methyl sites for hydroxylation is 1. The molecule has 0 aliphatic carbocycles. The predicted molar refractivity (Wildman–Crippen MR) is 104 cm³/mol. The lowest BCUT2D eigenvalue weighted by molar-refractivity contribution is -0.122. The number of halogens is 1. The van der Waals surface area contributed by atoms with Gasteiger partial charge in [0.05, 0.1) is 17.3 Å². The molecular formula is C22H19FN2O2. The van der Waals surface area contributed by atoms with E-state index in [4.69, 9.17) is 0 Å². The molecule has 1 unspecified atom stereocenters. The molecule has 1 aliphatic rings. The van der Waals surface area contributed by atoms with Gasteiger partial charge in [-0.05, 0) is 36.1 Å². The molecule has 2 amide bonds. The molecule has 0 saturated carbocycles. The van der Waals surface area contributed by atoms with Crippen LogP contribution in [0.15, 0.2) is 60.7 Å². The molecule has 1 aliphatic heterocycles. The number of rotatable bonds is 3. The van der Waals surface area contributed by atoms with E-state index in [1.54, 1.807) is 17.0 Å². The molecule has 3 aromatic carbocycles. The predicted octanol–water partition coefficient (Wildman–Crippen LogP) is 4.28. The van der Waals surface area contributed by atoms with E-state index >= 15 is 0 Å². The Bertz CT molecular complexity index is 1040. The average molecular weight is 362 g/mol. The van der Waals surface area contributed by atoms with Crippen molar-refractivity contribution in [3.8, 4) is 0 Å². The highest BCUT2D eigenvalue weighted by Crippen LogP contribution is 2.32. The molecule has 1 fully saturated rings. The summed E-state index contributed by atoms with van der Waals surface area (Å²) in [6.45, 7) is 2.11. The number of nitrogens with one attached hydrogen (secondary N) is 1. The molecule has 3 aromatic rings. The maximum atomic E-state index is 13.9. The summed E-state index contributed by atoms with van der Waals surface area (Å²) in [6.07, 6.45) is 0.114. The lowest BCUT2D eigenvalue weighted by atomic mass is 10.1. The lowest BCUT2D eigenvalue weighted by Crippen LogP contribution is -2.28. The van der Waals surface area contributed by atoms with Gasteiger partial charge in [-0.3, -0.25) is 9.59 Å². The highest BCUT2D eigenvalue weighted by atomic mass is 19.1. The number of anilines is 2. The molecule has 27 heavy (non-hydrogen) atoms. The van der Waals surface area contributed by atoms with Gasteiger partial charge >= 0.3 is 0 Å². The molecule has 1 atom stereocenters. The van der Waals surface area contributed by atoms with Gasteiger partial charge in [0.25, 0.3) is 0 Å². The zero-order valence-electron chi connectivity index (χ0n) is 14.9. The summed E-state index contributed by atoms with van der Waals surface area (Å²) in [6, 6.07) is 18.2. The van der Waals surface area contributed by atoms with Gasteiger partial charge in [-0.15, -0.1) is 0 Å². The second kappa shape index (κ2) is 6.83. The molecule has 0 radical (unpaired) electrons. The van der Waals surface area contributed by atoms with E-state index in [9.17, 15) is 14.0 Å². The van der Waals surface area contributed by atoms with E-state index in [2.05, 4.69) is 5.32 Å². The van der Waals surface area contributed by atoms with Gasteiger partial charge in [0.2, 0.25) is 11.8 Å². The van der Waals surface area contributed by atoms with Crippen LogP contribution in [0.3, 0.4) is 0 Å². The molecule has 5 heteroatoms. The number of nitrogens with zero attached hydrogens (tertiary/aromatic N) is 1. The second-order valence-corrected chi connectivity index (χ2v) is 6.88. The summed E-state index contributed by atoms with van der Waals surface area (Å²) in [5.74, 6) is -1.44. The van der Waals surface area contributed by atoms with Crippen LogP contribution in [0.5, 0.6) is 0 Å². The van der Waals surface area contributed by atoms with Crippen molar-refractivity contribution < 1.29 is 14.0 Å². The normalized spacial score (nSPS) is 16.7. The van der Waals surface area contributed by atoms with Crippen molar-refractivity contribution in [1.29, 1.82) is 0 Å². The summed E-state index contributed by atoms with van der Waals surface area (Å²) in [4.78, 5) is 26.8. The Morgan fingerprint density at radius 3 is 2.74 bits per heavy atom. The molecule has 4 rings (SSSR count). The molecule has 1 N–H and O–H groups in total. The number of benzene rings is 3. The monoisotopic (exact) mass is 362 g/mol. The van der Waals surface area contributed by atoms with Gasteiger partial charge in [-0.2, -0.15) is 0 Å². The van der Waals surface area contributed by atoms with E-state index in [0.717, 1.165) is 22.0 Å². The van der Waals surface area contributed by atoms with Gasteiger partial charge in [0.15, 0.2) is 0 Å². The fourth-order valence-electron chi connectivity index (χ4n) is 3.53. The van der Waals surface area contributed by atoms with Crippen molar-refractivity contribution in [3.63, 3.8) is 0 Å². The first kappa shape index (κ1) is 17.2. The Labute approximate surface area is 156 Å². The van der Waals surface area contributed by atoms with Crippen LogP contribution in [-0.4, -0.2) is 18.4 Å². The Morgan fingerprint density at radius 2 is 1.89 bits per heavy atom. The van der Waals surface area contributed by atoms with E-state index in [-0.39, 0.29) is 30.5 Å². The summed E-state index contributed by atoms with van der Waals surface area (Å²) < 4.78 is 13.9. The standard InChI is InChI=1S/C22H19FN2O2/c1-14-9-10-18(23)19(11-14)24-22(27)16-12-21(26)25(13-16)20-8-4-6-15-5-2-3-7-17(15)20/h2-11,16H,12-13H2,1H3,(H,24,27). The second-order valence-electron chi connectivity index (χ2n) is 6.88. The summed E-state index contributed by atoms with van der Waals surface area (Å²) in [5.41, 5.74) is 1.80. The Balaban J connectivity index is 1.57. The van der Waals surface area contributed by atoms with E-state index in [1.807, 2.05) is 49.4 Å². The highest BCUT2D eigenvalue weighted by Gasteiger charge is 2.36. The third kappa shape index (κ3) is 3.28. The minimum absolute atomic E-state index is 0.101. The van der Waals surface area contributed by atoms with Gasteiger partial charge < -0.3 is 10.2 Å². The molecule has 0 aromatic heterocycles. The summed E-state index contributed by atoms with van der Waals surface area (Å²) >= 11 is 0. The van der Waals surface area contributed by atoms with Crippen LogP contribution in [0.1, 0.15) is 12.0 Å². The number of hydrogen-bond acceptors (Lipinski definition) is 2. The van der Waals surface area contributed by atoms with Crippen molar-refractivity contribution >= 4 is 34.0 Å². The molecular weight excluding hydrogens is 343 g/mol. The van der Waals surface area contributed by atoms with Crippen molar-refractivity contribution in [3.05, 3.63) is 72.0 Å². The van der Waals surface area contributed by atoms with Crippen molar-refractivity contribution in [2.24, 2.45) is 5.92 Å². The first-order valence-corrected chi connectivity index (χ1v) is 8.88. The maximum Gasteiger partial charge on any atom is 0.229 e. The molecule has 0 bridgehead atoms. The number of hydrogen-bond donors (Lipinski definition) is 1. The first-order valence-electron chi connectivity index (χ1n) is 8.88. The molecule has 4 nitrogen and oxygen atoms in total. The van der Waals surface area contributed by atoms with Crippen LogP contribution in [-0.2, 0) is 9.59 Å². The quantitative estimate of drug-likeness (QED) is 0.756. The Kier molecular flexibility index (Phi) is 4.36. The Hall–Kier alpha value is -3.21. The SMILES string of the molecule is Cc1ccc(F)c(NC(=O)C2CC(=O)N(c3cccc4ccccc34)C2)c1. The van der Waals surface area contributed by atoms with Crippen LogP contribution in [0.2, 0.25) is 0 Å². The minimum atomic E-state index is -0.517. The lowest BCUT2D eigenvalue weighted by Gasteiger charge is -2.19. The van der Waals surface area contributed by atoms with Crippen LogP contribution in [0.4, 0.5) is 15.8 Å². The maximum absolute atomic E-state index is 13.9. The third-order valence-corrected chi connectivity index (χ3v) is 4.93. The van der Waals surface area contributed by atoms with Gasteiger partial charge in [0, 0.05) is 18.4 Å². The zero-order valence-corrected chi connectivity index (χ0v) is 14.9. The number of carbonyl (C=O) groups excluding carboxylic acids is 2. The van der Waals surface area contributed by atoms with Crippen LogP contribution < -0.4 is 10.2 Å². The smallest absolute Gasteiger partial charge is 0.229 e. The van der Waals surface area contributed by atoms with E-state index < -0.39 is 11.7 Å². The van der Waals surface area contributed by atoms with Gasteiger partial charge in [-0.1, -0.05) is 42.5 Å². The Morgan fingerprint density at radius 1 is 1.11 bits per heavy atom. The first-order chi connectivity index (χ1) is 13.0. The fraction of sp³-hybridized carbons (Fsp3) is 0.182. The van der Waals surface area contributed by atoms with Crippen LogP contribution >= 0.6 is 0 Å². The van der Waals surface area contributed by atoms with Crippen molar-refractivity contribution in [2.75, 3.05) is 16.8 Å². The zero-order chi connectivity index (χ0) is 19.0. The number of fused-ring (bicyclic) bond motifs is 1. The largest absolute Gasteiger partial charge is 0.323 e. The van der Waals surface area contributed by atoms with E-state index in [1.165, 1.54) is 6.07 Å². The molecule has 1 saturated heterocycles. The molecule has 1 heterocycles. The van der Waals surface area contributed by atoms with Crippen molar-refractivity contribution in [1.82, 2.24) is 0 Å². The van der Waals surface area contributed by atoms with E-state index in [0.29, 0.717) is 0 Å². The molecule has 0 spiro atoms. The number of amides is 2. The fourth-order valence-corrected chi connectivity index (χ4v) is 3.53. The van der Waals surface area contributed by atoms with Crippen LogP contribution in [0, 0.1) is 18.7 Å².